The first-order valence-corrected chi connectivity index (χ1v) is 8.70. The van der Waals surface area contributed by atoms with Crippen molar-refractivity contribution in [3.63, 3.8) is 0 Å². The molecule has 0 bridgehead atoms. The van der Waals surface area contributed by atoms with Crippen molar-refractivity contribution in [3.8, 4) is 11.4 Å². The molecule has 4 rings (SSSR count). The van der Waals surface area contributed by atoms with Gasteiger partial charge in [0.1, 0.15) is 11.3 Å². The van der Waals surface area contributed by atoms with E-state index in [-0.39, 0.29) is 5.91 Å². The maximum Gasteiger partial charge on any atom is 0.216 e. The fourth-order valence-corrected chi connectivity index (χ4v) is 3.35. The molecule has 1 N–H and O–H groups in total. The zero-order valence-electron chi connectivity index (χ0n) is 14.9. The Bertz CT molecular complexity index is 1100. The first-order chi connectivity index (χ1) is 12.6. The van der Waals surface area contributed by atoms with E-state index in [0.29, 0.717) is 13.1 Å². The number of hydrogen-bond acceptors (Lipinski definition) is 3. The Morgan fingerprint density at radius 3 is 2.54 bits per heavy atom. The number of imidazole rings is 1. The Hall–Kier alpha value is -3.21. The van der Waals surface area contributed by atoms with Crippen LogP contribution >= 0.6 is 0 Å². The zero-order valence-corrected chi connectivity index (χ0v) is 14.9. The lowest BCUT2D eigenvalue weighted by Crippen LogP contribution is -2.24. The Balaban J connectivity index is 1.99. The number of aryl methyl sites for hydroxylation is 1. The van der Waals surface area contributed by atoms with E-state index in [1.54, 1.807) is 0 Å². The number of benzene rings is 2. The number of amides is 1. The van der Waals surface area contributed by atoms with Crippen molar-refractivity contribution in [2.24, 2.45) is 0 Å². The molecule has 0 spiro atoms. The molecule has 4 aromatic rings. The molecule has 2 aromatic heterocycles. The van der Waals surface area contributed by atoms with Gasteiger partial charge in [0.2, 0.25) is 5.91 Å². The fraction of sp³-hybridized carbons (Fsp3) is 0.190. The maximum atomic E-state index is 11.3. The predicted molar refractivity (Wildman–Crippen MR) is 104 cm³/mol. The number of fused-ring (bicyclic) bond motifs is 3. The SMILES string of the molecule is CC(=O)NCCn1c(-c2ccccc2)nc2c(C)nc3ccccc3c21. The van der Waals surface area contributed by atoms with E-state index >= 15 is 0 Å². The normalized spacial score (nSPS) is 11.2. The monoisotopic (exact) mass is 344 g/mol. The number of pyridine rings is 1. The summed E-state index contributed by atoms with van der Waals surface area (Å²) in [6.07, 6.45) is 0. The smallest absolute Gasteiger partial charge is 0.216 e. The van der Waals surface area contributed by atoms with Gasteiger partial charge >= 0.3 is 0 Å². The van der Waals surface area contributed by atoms with Crippen molar-refractivity contribution in [2.75, 3.05) is 6.54 Å². The topological polar surface area (TPSA) is 59.8 Å². The Labute approximate surface area is 151 Å². The van der Waals surface area contributed by atoms with Gasteiger partial charge in [-0.15, -0.1) is 0 Å². The Morgan fingerprint density at radius 1 is 1.04 bits per heavy atom. The summed E-state index contributed by atoms with van der Waals surface area (Å²) in [6, 6.07) is 18.2. The number of nitrogens with zero attached hydrogens (tertiary/aromatic N) is 3. The highest BCUT2D eigenvalue weighted by atomic mass is 16.1. The first-order valence-electron chi connectivity index (χ1n) is 8.70. The van der Waals surface area contributed by atoms with Gasteiger partial charge in [-0.3, -0.25) is 9.78 Å². The number of rotatable bonds is 4. The van der Waals surface area contributed by atoms with Crippen LogP contribution in [0.5, 0.6) is 0 Å². The van der Waals surface area contributed by atoms with Crippen LogP contribution in [0.25, 0.3) is 33.3 Å². The van der Waals surface area contributed by atoms with Gasteiger partial charge in [0.15, 0.2) is 0 Å². The molecule has 0 saturated heterocycles. The molecule has 130 valence electrons. The largest absolute Gasteiger partial charge is 0.355 e. The molecule has 0 saturated carbocycles. The molecule has 0 fully saturated rings. The van der Waals surface area contributed by atoms with E-state index < -0.39 is 0 Å². The average molecular weight is 344 g/mol. The third kappa shape index (κ3) is 2.81. The van der Waals surface area contributed by atoms with Gasteiger partial charge in [0.25, 0.3) is 0 Å². The highest BCUT2D eigenvalue weighted by Crippen LogP contribution is 2.31. The van der Waals surface area contributed by atoms with Crippen LogP contribution in [-0.4, -0.2) is 27.0 Å². The summed E-state index contributed by atoms with van der Waals surface area (Å²) in [7, 11) is 0. The minimum absolute atomic E-state index is 0.0293. The quantitative estimate of drug-likeness (QED) is 0.614. The fourth-order valence-electron chi connectivity index (χ4n) is 3.35. The molecule has 0 aliphatic heterocycles. The summed E-state index contributed by atoms with van der Waals surface area (Å²) < 4.78 is 2.19. The second kappa shape index (κ2) is 6.59. The zero-order chi connectivity index (χ0) is 18.1. The lowest BCUT2D eigenvalue weighted by Gasteiger charge is -2.11. The molecule has 1 amide bonds. The van der Waals surface area contributed by atoms with Crippen molar-refractivity contribution in [3.05, 3.63) is 60.3 Å². The van der Waals surface area contributed by atoms with E-state index in [1.807, 2.05) is 43.3 Å². The molecule has 2 aromatic carbocycles. The number of carbonyl (C=O) groups excluding carboxylic acids is 1. The molecule has 0 aliphatic carbocycles. The second-order valence-electron chi connectivity index (χ2n) is 6.35. The second-order valence-corrected chi connectivity index (χ2v) is 6.35. The van der Waals surface area contributed by atoms with Crippen LogP contribution in [0, 0.1) is 6.92 Å². The molecule has 0 aliphatic rings. The lowest BCUT2D eigenvalue weighted by molar-refractivity contribution is -0.118. The van der Waals surface area contributed by atoms with E-state index in [1.165, 1.54) is 6.92 Å². The minimum atomic E-state index is -0.0293. The standard InChI is InChI=1S/C21H20N4O/c1-14-19-20(17-10-6-7-11-18(17)23-14)25(13-12-22-15(2)26)21(24-19)16-8-4-3-5-9-16/h3-11H,12-13H2,1-2H3,(H,22,26). The number of aromatic nitrogens is 3. The van der Waals surface area contributed by atoms with Crippen LogP contribution < -0.4 is 5.32 Å². The molecule has 5 heteroatoms. The van der Waals surface area contributed by atoms with Crippen molar-refractivity contribution < 1.29 is 4.79 Å². The lowest BCUT2D eigenvalue weighted by atomic mass is 10.1. The molecule has 5 nitrogen and oxygen atoms in total. The molecular weight excluding hydrogens is 324 g/mol. The molecule has 0 unspecified atom stereocenters. The van der Waals surface area contributed by atoms with Crippen LogP contribution in [-0.2, 0) is 11.3 Å². The minimum Gasteiger partial charge on any atom is -0.355 e. The van der Waals surface area contributed by atoms with E-state index in [2.05, 4.69) is 28.1 Å². The maximum absolute atomic E-state index is 11.3. The number of carbonyl (C=O) groups is 1. The van der Waals surface area contributed by atoms with Crippen LogP contribution in [0.15, 0.2) is 54.6 Å². The van der Waals surface area contributed by atoms with Gasteiger partial charge in [-0.25, -0.2) is 4.98 Å². The average Bonchev–Trinajstić information content (AvgIpc) is 3.03. The van der Waals surface area contributed by atoms with Gasteiger partial charge in [-0.1, -0.05) is 48.5 Å². The van der Waals surface area contributed by atoms with Gasteiger partial charge in [-0.2, -0.15) is 0 Å². The summed E-state index contributed by atoms with van der Waals surface area (Å²) in [5, 5.41) is 3.96. The summed E-state index contributed by atoms with van der Waals surface area (Å²) in [5.74, 6) is 0.866. The third-order valence-electron chi connectivity index (χ3n) is 4.50. The highest BCUT2D eigenvalue weighted by Gasteiger charge is 2.17. The van der Waals surface area contributed by atoms with E-state index in [4.69, 9.17) is 9.97 Å². The van der Waals surface area contributed by atoms with Crippen LogP contribution in [0.1, 0.15) is 12.6 Å². The van der Waals surface area contributed by atoms with Gasteiger partial charge in [-0.05, 0) is 13.0 Å². The van der Waals surface area contributed by atoms with Crippen molar-refractivity contribution >= 4 is 27.8 Å². The third-order valence-corrected chi connectivity index (χ3v) is 4.50. The van der Waals surface area contributed by atoms with Gasteiger partial charge in [0, 0.05) is 31.0 Å². The van der Waals surface area contributed by atoms with Gasteiger partial charge < -0.3 is 9.88 Å². The molecule has 0 radical (unpaired) electrons. The molecule has 2 heterocycles. The van der Waals surface area contributed by atoms with Crippen LogP contribution in [0.2, 0.25) is 0 Å². The summed E-state index contributed by atoms with van der Waals surface area (Å²) in [6.45, 7) is 4.73. The first kappa shape index (κ1) is 16.3. The molecular formula is C21H20N4O. The Kier molecular flexibility index (Phi) is 4.13. The Morgan fingerprint density at radius 2 is 1.77 bits per heavy atom. The van der Waals surface area contributed by atoms with Crippen LogP contribution in [0.3, 0.4) is 0 Å². The predicted octanol–water partition coefficient (Wildman–Crippen LogP) is 3.70. The van der Waals surface area contributed by atoms with Gasteiger partial charge in [0.05, 0.1) is 16.7 Å². The summed E-state index contributed by atoms with van der Waals surface area (Å²) in [5.41, 5.74) is 4.89. The molecule has 26 heavy (non-hydrogen) atoms. The summed E-state index contributed by atoms with van der Waals surface area (Å²) in [4.78, 5) is 20.9. The molecule has 0 atom stereocenters. The van der Waals surface area contributed by atoms with E-state index in [0.717, 1.165) is 39.0 Å². The number of nitrogens with one attached hydrogen (secondary N) is 1. The van der Waals surface area contributed by atoms with Crippen molar-refractivity contribution in [2.45, 2.75) is 20.4 Å². The van der Waals surface area contributed by atoms with Crippen molar-refractivity contribution in [1.29, 1.82) is 0 Å². The number of hydrogen-bond donors (Lipinski definition) is 1. The highest BCUT2D eigenvalue weighted by molar-refractivity contribution is 6.04. The summed E-state index contributed by atoms with van der Waals surface area (Å²) >= 11 is 0. The van der Waals surface area contributed by atoms with E-state index in [9.17, 15) is 4.79 Å². The number of para-hydroxylation sites is 1. The van der Waals surface area contributed by atoms with Crippen molar-refractivity contribution in [1.82, 2.24) is 19.9 Å². The van der Waals surface area contributed by atoms with Crippen LogP contribution in [0.4, 0.5) is 0 Å².